The molecule has 1 aliphatic carbocycles. The van der Waals surface area contributed by atoms with E-state index in [2.05, 4.69) is 45.3 Å². The summed E-state index contributed by atoms with van der Waals surface area (Å²) in [5, 5.41) is 4.30. The molecular weight excluding hydrogens is 534 g/mol. The van der Waals surface area contributed by atoms with Gasteiger partial charge in [0, 0.05) is 37.7 Å². The molecule has 0 N–H and O–H groups in total. The molecule has 0 unspecified atom stereocenters. The van der Waals surface area contributed by atoms with Crippen molar-refractivity contribution in [2.45, 2.75) is 64.0 Å². The van der Waals surface area contributed by atoms with Crippen molar-refractivity contribution in [1.29, 1.82) is 0 Å². The van der Waals surface area contributed by atoms with Crippen LogP contribution in [0.1, 0.15) is 61.9 Å². The Kier molecular flexibility index (Phi) is 10.6. The second kappa shape index (κ2) is 13.9. The number of likely N-dealkylation sites (tertiary alicyclic amines) is 1. The van der Waals surface area contributed by atoms with Crippen LogP contribution in [0.3, 0.4) is 0 Å². The van der Waals surface area contributed by atoms with E-state index in [1.165, 1.54) is 74.9 Å². The molecule has 39 heavy (non-hydrogen) atoms. The van der Waals surface area contributed by atoms with E-state index < -0.39 is 0 Å². The molecule has 3 aromatic rings. The van der Waals surface area contributed by atoms with E-state index in [1.807, 2.05) is 12.1 Å². The van der Waals surface area contributed by atoms with Crippen LogP contribution in [0, 0.1) is 11.7 Å². The molecule has 8 heteroatoms. The fraction of sp³-hybridized carbons (Fsp3) is 0.484. The zero-order valence-electron chi connectivity index (χ0n) is 22.4. The lowest BCUT2D eigenvalue weighted by Crippen LogP contribution is -2.40. The van der Waals surface area contributed by atoms with Gasteiger partial charge in [0.15, 0.2) is 5.82 Å². The lowest BCUT2D eigenvalue weighted by atomic mass is 9.92. The Morgan fingerprint density at radius 3 is 2.21 bits per heavy atom. The van der Waals surface area contributed by atoms with Crippen LogP contribution < -0.4 is 0 Å². The van der Waals surface area contributed by atoms with Crippen LogP contribution in [-0.2, 0) is 13.0 Å². The Hall–Kier alpha value is -2.25. The summed E-state index contributed by atoms with van der Waals surface area (Å²) < 4.78 is 18.8. The van der Waals surface area contributed by atoms with E-state index in [0.717, 1.165) is 55.5 Å². The molecule has 0 amide bonds. The molecule has 210 valence electrons. The summed E-state index contributed by atoms with van der Waals surface area (Å²) in [5.74, 6) is 1.94. The van der Waals surface area contributed by atoms with Gasteiger partial charge in [0.25, 0.3) is 5.89 Å². The maximum absolute atomic E-state index is 13.2. The van der Waals surface area contributed by atoms with Gasteiger partial charge >= 0.3 is 0 Å². The molecular formula is C31H39Cl2FN4O. The summed E-state index contributed by atoms with van der Waals surface area (Å²) in [6.45, 7) is 5.25. The van der Waals surface area contributed by atoms with Crippen LogP contribution in [0.15, 0.2) is 59.1 Å². The number of hydrogen-bond acceptors (Lipinski definition) is 5. The largest absolute Gasteiger partial charge is 0.334 e. The first-order valence-corrected chi connectivity index (χ1v) is 14.0. The fourth-order valence-corrected chi connectivity index (χ4v) is 6.30. The van der Waals surface area contributed by atoms with Gasteiger partial charge in [-0.25, -0.2) is 4.39 Å². The number of rotatable bonds is 7. The van der Waals surface area contributed by atoms with Crippen molar-refractivity contribution in [3.63, 3.8) is 0 Å². The summed E-state index contributed by atoms with van der Waals surface area (Å²) in [5.41, 5.74) is 4.68. The Balaban J connectivity index is 0.00000176. The number of halogens is 3. The minimum Gasteiger partial charge on any atom is -0.334 e. The number of nitrogens with zero attached hydrogens (tertiary/aromatic N) is 4. The van der Waals surface area contributed by atoms with E-state index >= 15 is 0 Å². The predicted octanol–water partition coefficient (Wildman–Crippen LogP) is 7.21. The number of piperidine rings is 1. The van der Waals surface area contributed by atoms with E-state index in [-0.39, 0.29) is 30.6 Å². The van der Waals surface area contributed by atoms with Gasteiger partial charge in [0.1, 0.15) is 5.82 Å². The van der Waals surface area contributed by atoms with Gasteiger partial charge in [-0.1, -0.05) is 48.3 Å². The van der Waals surface area contributed by atoms with Crippen molar-refractivity contribution in [2.75, 3.05) is 26.2 Å². The molecule has 0 bridgehead atoms. The molecule has 3 heterocycles. The molecule has 1 saturated carbocycles. The second-order valence-electron chi connectivity index (χ2n) is 11.1. The lowest BCUT2D eigenvalue weighted by Gasteiger charge is -2.35. The van der Waals surface area contributed by atoms with Crippen LogP contribution in [0.5, 0.6) is 0 Å². The summed E-state index contributed by atoms with van der Waals surface area (Å²) in [6.07, 6.45) is 12.3. The van der Waals surface area contributed by atoms with Gasteiger partial charge in [-0.15, -0.1) is 24.8 Å². The fourth-order valence-electron chi connectivity index (χ4n) is 6.30. The normalized spacial score (nSPS) is 19.4. The summed E-state index contributed by atoms with van der Waals surface area (Å²) in [4.78, 5) is 9.88. The highest BCUT2D eigenvalue weighted by Gasteiger charge is 2.28. The molecule has 3 aliphatic rings. The molecule has 2 aliphatic heterocycles. The third-order valence-corrected chi connectivity index (χ3v) is 8.54. The molecule has 5 nitrogen and oxygen atoms in total. The Morgan fingerprint density at radius 1 is 0.846 bits per heavy atom. The molecule has 0 atom stereocenters. The first-order valence-electron chi connectivity index (χ1n) is 14.0. The highest BCUT2D eigenvalue weighted by molar-refractivity contribution is 5.85. The smallest absolute Gasteiger partial charge is 0.257 e. The quantitative estimate of drug-likeness (QED) is 0.299. The van der Waals surface area contributed by atoms with Crippen molar-refractivity contribution in [1.82, 2.24) is 19.9 Å². The third kappa shape index (κ3) is 7.49. The van der Waals surface area contributed by atoms with E-state index in [1.54, 1.807) is 0 Å². The van der Waals surface area contributed by atoms with Crippen LogP contribution in [0.25, 0.3) is 17.0 Å². The van der Waals surface area contributed by atoms with Gasteiger partial charge in [0.05, 0.1) is 0 Å². The Bertz CT molecular complexity index is 1200. The van der Waals surface area contributed by atoms with E-state index in [9.17, 15) is 4.39 Å². The number of aromatic nitrogens is 2. The molecule has 2 aromatic carbocycles. The molecule has 1 saturated heterocycles. The number of hydrogen-bond donors (Lipinski definition) is 0. The highest BCUT2D eigenvalue weighted by atomic mass is 35.5. The first-order chi connectivity index (χ1) is 18.2. The maximum atomic E-state index is 13.2. The van der Waals surface area contributed by atoms with Crippen molar-refractivity contribution in [3.8, 4) is 11.5 Å². The summed E-state index contributed by atoms with van der Waals surface area (Å²) in [6, 6.07) is 16.2. The van der Waals surface area contributed by atoms with Gasteiger partial charge in [-0.2, -0.15) is 4.98 Å². The predicted molar refractivity (Wildman–Crippen MR) is 159 cm³/mol. The highest BCUT2D eigenvalue weighted by Crippen LogP contribution is 2.29. The second-order valence-corrected chi connectivity index (χ2v) is 11.1. The summed E-state index contributed by atoms with van der Waals surface area (Å²) in [7, 11) is 0. The van der Waals surface area contributed by atoms with Crippen LogP contribution in [-0.4, -0.2) is 52.2 Å². The van der Waals surface area contributed by atoms with Crippen molar-refractivity contribution < 1.29 is 8.91 Å². The minimum absolute atomic E-state index is 0. The zero-order valence-corrected chi connectivity index (χ0v) is 24.1. The first kappa shape index (κ1) is 29.7. The third-order valence-electron chi connectivity index (χ3n) is 8.54. The van der Waals surface area contributed by atoms with Crippen molar-refractivity contribution in [3.05, 3.63) is 77.4 Å². The van der Waals surface area contributed by atoms with Crippen molar-refractivity contribution >= 4 is 30.4 Å². The van der Waals surface area contributed by atoms with Gasteiger partial charge < -0.3 is 9.42 Å². The van der Waals surface area contributed by atoms with Gasteiger partial charge in [-0.3, -0.25) is 4.90 Å². The Morgan fingerprint density at radius 2 is 1.54 bits per heavy atom. The SMILES string of the molecule is Cl.Cl.Fc1ccc(C2=CCN(Cc3ccc(-c4nc(CC5CCN(C6CCCC6)CC5)no4)cc3)CC2)cc1. The Labute approximate surface area is 243 Å². The van der Waals surface area contributed by atoms with Gasteiger partial charge in [0.2, 0.25) is 0 Å². The number of benzene rings is 2. The standard InChI is InChI=1S/C31H37FN4O.2ClH/c32-28-11-9-25(10-12-28)26-15-17-35(18-16-26)22-24-5-7-27(8-6-24)31-33-30(34-37-31)21-23-13-19-36(20-14-23)29-3-1-2-4-29;;/h5-12,15,23,29H,1-4,13-14,16-22H2;2*1H. The molecule has 6 rings (SSSR count). The zero-order chi connectivity index (χ0) is 25.0. The van der Waals surface area contributed by atoms with Crippen LogP contribution in [0.4, 0.5) is 4.39 Å². The molecule has 0 radical (unpaired) electrons. The average Bonchev–Trinajstić information content (AvgIpc) is 3.64. The van der Waals surface area contributed by atoms with E-state index in [0.29, 0.717) is 11.8 Å². The molecule has 1 aromatic heterocycles. The monoisotopic (exact) mass is 572 g/mol. The lowest BCUT2D eigenvalue weighted by molar-refractivity contribution is 0.133. The minimum atomic E-state index is -0.183. The molecule has 2 fully saturated rings. The maximum Gasteiger partial charge on any atom is 0.257 e. The van der Waals surface area contributed by atoms with Gasteiger partial charge in [-0.05, 0) is 92.1 Å². The average molecular weight is 574 g/mol. The van der Waals surface area contributed by atoms with Crippen molar-refractivity contribution in [2.24, 2.45) is 5.92 Å². The topological polar surface area (TPSA) is 45.4 Å². The molecule has 0 spiro atoms. The van der Waals surface area contributed by atoms with Crippen LogP contribution in [0.2, 0.25) is 0 Å². The van der Waals surface area contributed by atoms with Crippen LogP contribution >= 0.6 is 24.8 Å². The summed E-state index contributed by atoms with van der Waals surface area (Å²) >= 11 is 0. The van der Waals surface area contributed by atoms with E-state index in [4.69, 9.17) is 9.51 Å².